The zero-order chi connectivity index (χ0) is 71.8. The Kier molecular flexibility index (Phi) is 69.3. The highest BCUT2D eigenvalue weighted by Crippen LogP contribution is 2.45. The third-order valence-electron chi connectivity index (χ3n) is 16.7. The van der Waals surface area contributed by atoms with Gasteiger partial charge in [-0.1, -0.05) is 280 Å². The number of ether oxygens (including phenoxy) is 4. The molecular weight excluding hydrogens is 1280 g/mol. The second kappa shape index (κ2) is 71.9. The molecule has 5 atom stereocenters. The van der Waals surface area contributed by atoms with Crippen LogP contribution in [0.4, 0.5) is 0 Å². The lowest BCUT2D eigenvalue weighted by atomic mass is 10.0. The van der Waals surface area contributed by atoms with Gasteiger partial charge in [0.1, 0.15) is 19.3 Å². The molecule has 5 unspecified atom stereocenters. The summed E-state index contributed by atoms with van der Waals surface area (Å²) in [6.07, 6.45) is 71.6. The molecule has 0 radical (unpaired) electrons. The van der Waals surface area contributed by atoms with E-state index in [1.54, 1.807) is 0 Å². The van der Waals surface area contributed by atoms with Gasteiger partial charge in [0.2, 0.25) is 0 Å². The van der Waals surface area contributed by atoms with Gasteiger partial charge in [-0.3, -0.25) is 37.3 Å². The van der Waals surface area contributed by atoms with Crippen molar-refractivity contribution >= 4 is 39.5 Å². The lowest BCUT2D eigenvalue weighted by Crippen LogP contribution is -2.30. The van der Waals surface area contributed by atoms with E-state index in [0.29, 0.717) is 25.7 Å². The van der Waals surface area contributed by atoms with Crippen LogP contribution in [-0.4, -0.2) is 96.7 Å². The van der Waals surface area contributed by atoms with Crippen molar-refractivity contribution in [3.63, 3.8) is 0 Å². The highest BCUT2D eigenvalue weighted by atomic mass is 31.2. The molecule has 0 saturated heterocycles. The van der Waals surface area contributed by atoms with Crippen molar-refractivity contribution in [2.24, 2.45) is 0 Å². The average molecular weight is 1430 g/mol. The van der Waals surface area contributed by atoms with Crippen LogP contribution in [0.3, 0.4) is 0 Å². The Morgan fingerprint density at radius 1 is 0.296 bits per heavy atom. The van der Waals surface area contributed by atoms with Crippen molar-refractivity contribution in [3.05, 3.63) is 72.9 Å². The van der Waals surface area contributed by atoms with E-state index >= 15 is 0 Å². The van der Waals surface area contributed by atoms with Crippen molar-refractivity contribution in [1.29, 1.82) is 0 Å². The molecule has 0 saturated carbocycles. The second-order valence-corrected chi connectivity index (χ2v) is 29.2. The molecular formula is C79H142O17P2. The standard InChI is InChI=1S/C79H142O17P2/c1-5-9-13-17-21-25-29-33-35-36-38-42-44-48-52-56-60-64-77(82)90-70-75(96-79(84)66-62-58-54-50-46-40-32-28-24-20-16-12-8-4)72-94-98(87,88)92-68-73(80)67-91-97(85,86)93-71-74(95-78(83)65-61-57-53-49-45-39-31-27-23-19-15-11-7-3)69-89-76(81)63-59-55-51-47-43-41-37-34-30-26-22-18-14-10-6-2/h9,13,21-22,25-26,28,32-35,37,73-75,80H,5-8,10-12,14-20,23-24,27,29-31,36,38-72H2,1-4H3,(H,85,86)(H,87,88)/b13-9-,25-21-,26-22-,32-28-,35-33-,37-34-. The first-order chi connectivity index (χ1) is 47.7. The maximum absolute atomic E-state index is 13.1. The molecule has 3 N–H and O–H groups in total. The number of aliphatic hydroxyl groups excluding tert-OH is 1. The first kappa shape index (κ1) is 94.5. The van der Waals surface area contributed by atoms with Gasteiger partial charge in [0.05, 0.1) is 26.4 Å². The van der Waals surface area contributed by atoms with E-state index in [-0.39, 0.29) is 25.7 Å². The van der Waals surface area contributed by atoms with E-state index in [1.807, 2.05) is 0 Å². The molecule has 98 heavy (non-hydrogen) atoms. The van der Waals surface area contributed by atoms with Crippen LogP contribution in [0, 0.1) is 0 Å². The van der Waals surface area contributed by atoms with Crippen LogP contribution in [0.1, 0.15) is 349 Å². The summed E-state index contributed by atoms with van der Waals surface area (Å²) in [6.45, 7) is 4.74. The van der Waals surface area contributed by atoms with Crippen molar-refractivity contribution in [2.75, 3.05) is 39.6 Å². The summed E-state index contributed by atoms with van der Waals surface area (Å²) in [6, 6.07) is 0. The summed E-state index contributed by atoms with van der Waals surface area (Å²) in [5.41, 5.74) is 0. The number of rotatable bonds is 74. The Hall–Kier alpha value is -3.50. The number of unbranched alkanes of at least 4 members (excludes halogenated alkanes) is 36. The normalized spacial score (nSPS) is 14.3. The molecule has 17 nitrogen and oxygen atoms in total. The SMILES string of the molecule is CC/C=C\C/C=C\C/C=C\CCCCCCCCCC(=O)OCC(COP(=O)(O)OCC(O)COP(=O)(O)OCC(COC(=O)CCCCCCC/C=C\C/C=C\CCCCC)OC(=O)CCCCCCCCCCCCCCC)OC(=O)CCCCCCC/C=C\CCCCCC. The summed E-state index contributed by atoms with van der Waals surface area (Å²) in [5.74, 6) is -2.18. The van der Waals surface area contributed by atoms with Crippen molar-refractivity contribution < 1.29 is 80.2 Å². The van der Waals surface area contributed by atoms with Gasteiger partial charge in [0.25, 0.3) is 0 Å². The minimum Gasteiger partial charge on any atom is -0.462 e. The predicted octanol–water partition coefficient (Wildman–Crippen LogP) is 22.4. The van der Waals surface area contributed by atoms with Crippen LogP contribution in [0.25, 0.3) is 0 Å². The van der Waals surface area contributed by atoms with Gasteiger partial charge in [-0.15, -0.1) is 0 Å². The highest BCUT2D eigenvalue weighted by molar-refractivity contribution is 7.47. The molecule has 0 aromatic rings. The number of carbonyl (C=O) groups excluding carboxylic acids is 4. The minimum absolute atomic E-state index is 0.0850. The van der Waals surface area contributed by atoms with Crippen LogP contribution in [0.15, 0.2) is 72.9 Å². The number of esters is 4. The van der Waals surface area contributed by atoms with Crippen LogP contribution in [-0.2, 0) is 65.4 Å². The maximum Gasteiger partial charge on any atom is 0.472 e. The summed E-state index contributed by atoms with van der Waals surface area (Å²) in [7, 11) is -9.94. The molecule has 0 aliphatic carbocycles. The monoisotopic (exact) mass is 1420 g/mol. The quantitative estimate of drug-likeness (QED) is 0.0169. The van der Waals surface area contributed by atoms with Gasteiger partial charge in [0.15, 0.2) is 12.2 Å². The fourth-order valence-electron chi connectivity index (χ4n) is 10.7. The van der Waals surface area contributed by atoms with Gasteiger partial charge in [-0.2, -0.15) is 0 Å². The third-order valence-corrected chi connectivity index (χ3v) is 18.6. The molecule has 19 heteroatoms. The maximum atomic E-state index is 13.1. The summed E-state index contributed by atoms with van der Waals surface area (Å²) < 4.78 is 68.5. The Morgan fingerprint density at radius 3 is 0.857 bits per heavy atom. The predicted molar refractivity (Wildman–Crippen MR) is 400 cm³/mol. The number of hydrogen-bond acceptors (Lipinski definition) is 15. The molecule has 0 aliphatic heterocycles. The van der Waals surface area contributed by atoms with E-state index in [2.05, 4.69) is 101 Å². The number of phosphoric acid groups is 2. The van der Waals surface area contributed by atoms with Crippen LogP contribution in [0.5, 0.6) is 0 Å². The Morgan fingerprint density at radius 2 is 0.531 bits per heavy atom. The topological polar surface area (TPSA) is 237 Å². The molecule has 0 aromatic heterocycles. The summed E-state index contributed by atoms with van der Waals surface area (Å²) >= 11 is 0. The number of hydrogen-bond donors (Lipinski definition) is 3. The van der Waals surface area contributed by atoms with Gasteiger partial charge in [-0.25, -0.2) is 9.13 Å². The molecule has 0 rings (SSSR count). The fraction of sp³-hybridized carbons (Fsp3) is 0.797. The molecule has 0 amide bonds. The van der Waals surface area contributed by atoms with E-state index in [9.17, 15) is 43.2 Å². The molecule has 0 heterocycles. The van der Waals surface area contributed by atoms with Crippen molar-refractivity contribution in [1.82, 2.24) is 0 Å². The lowest BCUT2D eigenvalue weighted by molar-refractivity contribution is -0.161. The molecule has 0 fully saturated rings. The molecule has 0 aromatic carbocycles. The number of aliphatic hydroxyl groups is 1. The van der Waals surface area contributed by atoms with Crippen molar-refractivity contribution in [3.8, 4) is 0 Å². The Balaban J connectivity index is 5.32. The van der Waals surface area contributed by atoms with Crippen LogP contribution in [0.2, 0.25) is 0 Å². The highest BCUT2D eigenvalue weighted by Gasteiger charge is 2.30. The lowest BCUT2D eigenvalue weighted by Gasteiger charge is -2.21. The van der Waals surface area contributed by atoms with Gasteiger partial charge >= 0.3 is 39.5 Å². The first-order valence-electron chi connectivity index (χ1n) is 39.2. The molecule has 0 spiro atoms. The van der Waals surface area contributed by atoms with E-state index in [1.165, 1.54) is 96.3 Å². The largest absolute Gasteiger partial charge is 0.472 e. The smallest absolute Gasteiger partial charge is 0.462 e. The Bertz CT molecular complexity index is 2140. The van der Waals surface area contributed by atoms with Crippen LogP contribution < -0.4 is 0 Å². The van der Waals surface area contributed by atoms with Gasteiger partial charge in [0, 0.05) is 25.7 Å². The zero-order valence-corrected chi connectivity index (χ0v) is 64.0. The number of phosphoric ester groups is 2. The third kappa shape index (κ3) is 70.9. The van der Waals surface area contributed by atoms with Crippen LogP contribution >= 0.6 is 15.6 Å². The Labute approximate surface area is 596 Å². The molecule has 0 aliphatic rings. The molecule has 570 valence electrons. The fourth-order valence-corrected chi connectivity index (χ4v) is 12.3. The summed E-state index contributed by atoms with van der Waals surface area (Å²) in [5, 5.41) is 10.6. The zero-order valence-electron chi connectivity index (χ0n) is 62.2. The van der Waals surface area contributed by atoms with Gasteiger partial charge in [-0.05, 0) is 116 Å². The minimum atomic E-state index is -4.97. The van der Waals surface area contributed by atoms with E-state index in [0.717, 1.165) is 173 Å². The molecule has 0 bridgehead atoms. The number of allylic oxidation sites excluding steroid dienone is 12. The van der Waals surface area contributed by atoms with E-state index < -0.39 is 97.5 Å². The first-order valence-corrected chi connectivity index (χ1v) is 42.2. The summed E-state index contributed by atoms with van der Waals surface area (Å²) in [4.78, 5) is 72.9. The van der Waals surface area contributed by atoms with Gasteiger partial charge < -0.3 is 33.8 Å². The van der Waals surface area contributed by atoms with Crippen molar-refractivity contribution in [2.45, 2.75) is 367 Å². The second-order valence-electron chi connectivity index (χ2n) is 26.3. The average Bonchev–Trinajstić information content (AvgIpc) is 0.969. The van der Waals surface area contributed by atoms with E-state index in [4.69, 9.17) is 37.0 Å². The number of carbonyl (C=O) groups is 4.